The summed E-state index contributed by atoms with van der Waals surface area (Å²) in [5.41, 5.74) is 0. The van der Waals surface area contributed by atoms with Gasteiger partial charge in [-0.25, -0.2) is 4.57 Å². The first-order valence-electron chi connectivity index (χ1n) is 19.3. The van der Waals surface area contributed by atoms with Crippen LogP contribution in [0.1, 0.15) is 168 Å². The predicted molar refractivity (Wildman–Crippen MR) is 196 cm³/mol. The van der Waals surface area contributed by atoms with Crippen LogP contribution in [0.2, 0.25) is 0 Å². The van der Waals surface area contributed by atoms with Gasteiger partial charge in [-0.1, -0.05) is 141 Å². The Hall–Kier alpha value is -1.55. The highest BCUT2D eigenvalue weighted by Gasteiger charge is 2.27. The molecule has 0 amide bonds. The van der Waals surface area contributed by atoms with Crippen LogP contribution >= 0.6 is 7.82 Å². The average Bonchev–Trinajstić information content (AvgIpc) is 3.09. The van der Waals surface area contributed by atoms with E-state index in [4.69, 9.17) is 19.1 Å². The molecule has 0 bridgehead atoms. The van der Waals surface area contributed by atoms with Crippen LogP contribution in [-0.4, -0.2) is 65.7 Å². The Morgan fingerprint density at radius 1 is 0.612 bits per heavy atom. The summed E-state index contributed by atoms with van der Waals surface area (Å²) in [6, 6.07) is 0. The monoisotopic (exact) mass is 718 g/mol. The molecule has 0 saturated carbocycles. The second-order valence-electron chi connectivity index (χ2n) is 13.0. The number of phosphoric ester groups is 1. The number of allylic oxidation sites excluding steroid dienone is 4. The second kappa shape index (κ2) is 34.9. The standard InChI is InChI=1S/C38H71O10P/c1-3-5-7-9-11-13-15-17-18-20-22-24-26-28-30-38(42)48-36(34-47-49(43,44)46-32-35(40)31-39)33-45-37(41)29-27-25-23-21-19-16-14-12-10-8-6-4-2/h9,11,15,17,35-36,39-40H,3-8,10,12-14,16,18-34H2,1-2H3,(H,43,44)/b11-9-,17-15-. The van der Waals surface area contributed by atoms with Crippen molar-refractivity contribution in [2.24, 2.45) is 0 Å². The van der Waals surface area contributed by atoms with Gasteiger partial charge in [0, 0.05) is 12.8 Å². The van der Waals surface area contributed by atoms with Crippen molar-refractivity contribution in [3.8, 4) is 0 Å². The highest BCUT2D eigenvalue weighted by atomic mass is 31.2. The third-order valence-electron chi connectivity index (χ3n) is 8.11. The van der Waals surface area contributed by atoms with Crippen LogP contribution in [0, 0.1) is 0 Å². The fourth-order valence-electron chi connectivity index (χ4n) is 5.07. The lowest BCUT2D eigenvalue weighted by molar-refractivity contribution is -0.161. The predicted octanol–water partition coefficient (Wildman–Crippen LogP) is 9.44. The summed E-state index contributed by atoms with van der Waals surface area (Å²) >= 11 is 0. The summed E-state index contributed by atoms with van der Waals surface area (Å²) in [7, 11) is -4.61. The van der Waals surface area contributed by atoms with Crippen molar-refractivity contribution in [2.75, 3.05) is 26.4 Å². The first-order chi connectivity index (χ1) is 23.7. The molecule has 0 aromatic rings. The molecule has 3 unspecified atom stereocenters. The largest absolute Gasteiger partial charge is 0.472 e. The molecule has 11 heteroatoms. The molecule has 0 aromatic carbocycles. The van der Waals surface area contributed by atoms with E-state index in [2.05, 4.69) is 42.7 Å². The number of aliphatic hydroxyl groups excluding tert-OH is 2. The average molecular weight is 719 g/mol. The molecule has 3 atom stereocenters. The molecular weight excluding hydrogens is 647 g/mol. The Morgan fingerprint density at radius 3 is 1.63 bits per heavy atom. The molecule has 49 heavy (non-hydrogen) atoms. The molecule has 10 nitrogen and oxygen atoms in total. The van der Waals surface area contributed by atoms with Gasteiger partial charge in [0.25, 0.3) is 0 Å². The lowest BCUT2D eigenvalue weighted by Gasteiger charge is -2.20. The first-order valence-corrected chi connectivity index (χ1v) is 20.8. The van der Waals surface area contributed by atoms with Gasteiger partial charge in [-0.3, -0.25) is 18.6 Å². The zero-order chi connectivity index (χ0) is 36.3. The van der Waals surface area contributed by atoms with Gasteiger partial charge in [0.1, 0.15) is 12.7 Å². The number of phosphoric acid groups is 1. The second-order valence-corrected chi connectivity index (χ2v) is 14.4. The van der Waals surface area contributed by atoms with E-state index in [-0.39, 0.29) is 19.4 Å². The summed E-state index contributed by atoms with van der Waals surface area (Å²) in [5, 5.41) is 18.3. The van der Waals surface area contributed by atoms with Crippen molar-refractivity contribution in [3.05, 3.63) is 24.3 Å². The summed E-state index contributed by atoms with van der Waals surface area (Å²) in [6.07, 6.45) is 31.4. The maximum absolute atomic E-state index is 12.5. The Bertz CT molecular complexity index is 879. The van der Waals surface area contributed by atoms with E-state index in [9.17, 15) is 24.2 Å². The number of esters is 2. The number of unbranched alkanes of at least 4 members (excludes halogenated alkanes) is 18. The fourth-order valence-corrected chi connectivity index (χ4v) is 5.86. The van der Waals surface area contributed by atoms with Gasteiger partial charge in [-0.2, -0.15) is 0 Å². The quantitative estimate of drug-likeness (QED) is 0.0248. The maximum Gasteiger partial charge on any atom is 0.472 e. The number of carbonyl (C=O) groups is 2. The summed E-state index contributed by atoms with van der Waals surface area (Å²) in [6.45, 7) is 2.31. The van der Waals surface area contributed by atoms with Gasteiger partial charge in [0.05, 0.1) is 19.8 Å². The first kappa shape index (κ1) is 47.4. The van der Waals surface area contributed by atoms with E-state index >= 15 is 0 Å². The molecule has 0 spiro atoms. The van der Waals surface area contributed by atoms with Crippen LogP contribution in [0.15, 0.2) is 24.3 Å². The minimum atomic E-state index is -4.61. The Kier molecular flexibility index (Phi) is 33.8. The van der Waals surface area contributed by atoms with E-state index in [1.807, 2.05) is 0 Å². The van der Waals surface area contributed by atoms with E-state index < -0.39 is 51.8 Å². The molecule has 0 heterocycles. The van der Waals surface area contributed by atoms with E-state index in [1.165, 1.54) is 64.2 Å². The van der Waals surface area contributed by atoms with Gasteiger partial charge < -0.3 is 24.6 Å². The van der Waals surface area contributed by atoms with Crippen molar-refractivity contribution in [1.29, 1.82) is 0 Å². The van der Waals surface area contributed by atoms with Gasteiger partial charge in [-0.05, 0) is 38.5 Å². The van der Waals surface area contributed by atoms with Gasteiger partial charge in [-0.15, -0.1) is 0 Å². The smallest absolute Gasteiger partial charge is 0.462 e. The summed E-state index contributed by atoms with van der Waals surface area (Å²) < 4.78 is 32.6. The van der Waals surface area contributed by atoms with Crippen LogP contribution in [0.25, 0.3) is 0 Å². The Morgan fingerprint density at radius 2 is 1.08 bits per heavy atom. The number of ether oxygens (including phenoxy) is 2. The van der Waals surface area contributed by atoms with Gasteiger partial charge >= 0.3 is 19.8 Å². The van der Waals surface area contributed by atoms with Crippen LogP contribution in [0.3, 0.4) is 0 Å². The molecular formula is C38H71O10P. The van der Waals surface area contributed by atoms with Crippen molar-refractivity contribution < 1.29 is 47.8 Å². The van der Waals surface area contributed by atoms with Crippen molar-refractivity contribution in [3.63, 3.8) is 0 Å². The van der Waals surface area contributed by atoms with Crippen molar-refractivity contribution >= 4 is 19.8 Å². The molecule has 0 radical (unpaired) electrons. The molecule has 0 aromatic heterocycles. The van der Waals surface area contributed by atoms with Crippen molar-refractivity contribution in [2.45, 2.75) is 180 Å². The third-order valence-corrected chi connectivity index (χ3v) is 9.06. The van der Waals surface area contributed by atoms with E-state index in [0.29, 0.717) is 12.8 Å². The molecule has 288 valence electrons. The minimum Gasteiger partial charge on any atom is -0.462 e. The number of rotatable bonds is 36. The van der Waals surface area contributed by atoms with Gasteiger partial charge in [0.15, 0.2) is 6.10 Å². The zero-order valence-electron chi connectivity index (χ0n) is 30.9. The van der Waals surface area contributed by atoms with Crippen LogP contribution in [0.4, 0.5) is 0 Å². The fraction of sp³-hybridized carbons (Fsp3) is 0.842. The van der Waals surface area contributed by atoms with Crippen LogP contribution < -0.4 is 0 Å². The van der Waals surface area contributed by atoms with E-state index in [1.54, 1.807) is 0 Å². The molecule has 0 aliphatic rings. The lowest BCUT2D eigenvalue weighted by atomic mass is 10.0. The zero-order valence-corrected chi connectivity index (χ0v) is 31.8. The SMILES string of the molecule is CCCC/C=C\C/C=C\CCCCCCCC(=O)OC(COC(=O)CCCCCCCCCCCCCC)COP(=O)(O)OCC(O)CO. The topological polar surface area (TPSA) is 149 Å². The summed E-state index contributed by atoms with van der Waals surface area (Å²) in [5.74, 6) is -0.939. The number of hydrogen-bond acceptors (Lipinski definition) is 9. The molecule has 0 aliphatic heterocycles. The molecule has 0 fully saturated rings. The maximum atomic E-state index is 12.5. The van der Waals surface area contributed by atoms with Crippen LogP contribution in [-0.2, 0) is 32.7 Å². The number of hydrogen-bond donors (Lipinski definition) is 3. The summed E-state index contributed by atoms with van der Waals surface area (Å²) in [4.78, 5) is 34.8. The van der Waals surface area contributed by atoms with Crippen molar-refractivity contribution in [1.82, 2.24) is 0 Å². The highest BCUT2D eigenvalue weighted by molar-refractivity contribution is 7.47. The minimum absolute atomic E-state index is 0.170. The number of aliphatic hydroxyl groups is 2. The molecule has 0 saturated heterocycles. The molecule has 3 N–H and O–H groups in total. The Labute approximate surface area is 298 Å². The Balaban J connectivity index is 4.38. The lowest BCUT2D eigenvalue weighted by Crippen LogP contribution is -2.29. The highest BCUT2D eigenvalue weighted by Crippen LogP contribution is 2.43. The van der Waals surface area contributed by atoms with E-state index in [0.717, 1.165) is 64.2 Å². The van der Waals surface area contributed by atoms with Gasteiger partial charge in [0.2, 0.25) is 0 Å². The third kappa shape index (κ3) is 34.7. The normalized spacial score (nSPS) is 14.3. The van der Waals surface area contributed by atoms with Crippen LogP contribution in [0.5, 0.6) is 0 Å². The number of carbonyl (C=O) groups excluding carboxylic acids is 2. The molecule has 0 aliphatic carbocycles. The molecule has 0 rings (SSSR count).